The van der Waals surface area contributed by atoms with E-state index in [1.165, 1.54) is 6.20 Å². The third kappa shape index (κ3) is 2.53. The Morgan fingerprint density at radius 3 is 2.65 bits per heavy atom. The van der Waals surface area contributed by atoms with Crippen molar-refractivity contribution in [3.05, 3.63) is 32.6 Å². The van der Waals surface area contributed by atoms with Crippen LogP contribution in [0.2, 0.25) is 0 Å². The summed E-state index contributed by atoms with van der Waals surface area (Å²) in [6, 6.07) is 0. The minimum atomic E-state index is -1.38. The van der Waals surface area contributed by atoms with E-state index in [4.69, 9.17) is 9.84 Å². The topological polar surface area (TPSA) is 137 Å². The molecule has 9 nitrogen and oxygen atoms in total. The Morgan fingerprint density at radius 2 is 2.10 bits per heavy atom. The molecule has 1 aliphatic heterocycles. The van der Waals surface area contributed by atoms with Crippen molar-refractivity contribution in [1.82, 2.24) is 14.9 Å². The first kappa shape index (κ1) is 14.9. The van der Waals surface area contributed by atoms with Gasteiger partial charge >= 0.3 is 5.69 Å². The largest absolute Gasteiger partial charge is 0.394 e. The van der Waals surface area contributed by atoms with Crippen LogP contribution >= 0.6 is 0 Å². The zero-order valence-electron chi connectivity index (χ0n) is 10.8. The van der Waals surface area contributed by atoms with E-state index in [1.807, 2.05) is 0 Å². The number of aliphatic hydroxyl groups excluding tert-OH is 3. The quantitative estimate of drug-likeness (QED) is 0.395. The normalized spacial score (nSPS) is 29.8. The van der Waals surface area contributed by atoms with E-state index in [9.17, 15) is 19.8 Å². The van der Waals surface area contributed by atoms with Crippen LogP contribution in [-0.2, 0) is 11.3 Å². The minimum Gasteiger partial charge on any atom is -0.394 e. The molecule has 9 heteroatoms. The molecule has 1 saturated heterocycles. The van der Waals surface area contributed by atoms with E-state index in [0.717, 1.165) is 4.57 Å². The van der Waals surface area contributed by atoms with Crippen molar-refractivity contribution in [2.45, 2.75) is 31.1 Å². The average molecular weight is 287 g/mol. The molecule has 2 heterocycles. The van der Waals surface area contributed by atoms with Gasteiger partial charge in [-0.1, -0.05) is 0 Å². The maximum absolute atomic E-state index is 11.8. The van der Waals surface area contributed by atoms with Crippen LogP contribution in [0.5, 0.6) is 0 Å². The van der Waals surface area contributed by atoms with Gasteiger partial charge in [-0.25, -0.2) is 4.79 Å². The van der Waals surface area contributed by atoms with E-state index in [1.54, 1.807) is 7.05 Å². The summed E-state index contributed by atoms with van der Waals surface area (Å²) >= 11 is 0. The number of ether oxygens (including phenoxy) is 1. The van der Waals surface area contributed by atoms with Crippen LogP contribution in [0.4, 0.5) is 0 Å². The number of aromatic nitrogens is 2. The molecule has 4 atom stereocenters. The number of H-pyrrole nitrogens is 1. The van der Waals surface area contributed by atoms with Crippen molar-refractivity contribution in [3.63, 3.8) is 0 Å². The number of aliphatic hydroxyl groups is 3. The number of aromatic amines is 1. The van der Waals surface area contributed by atoms with Gasteiger partial charge in [0.25, 0.3) is 5.56 Å². The van der Waals surface area contributed by atoms with Gasteiger partial charge in [-0.2, -0.15) is 0 Å². The highest BCUT2D eigenvalue weighted by atomic mass is 16.6. The Labute approximate surface area is 113 Å². The van der Waals surface area contributed by atoms with Gasteiger partial charge in [0.15, 0.2) is 6.23 Å². The van der Waals surface area contributed by atoms with Gasteiger partial charge in [0, 0.05) is 18.3 Å². The van der Waals surface area contributed by atoms with Crippen molar-refractivity contribution in [2.24, 2.45) is 0 Å². The molecular weight excluding hydrogens is 270 g/mol. The monoisotopic (exact) mass is 287 g/mol. The standard InChI is InChI=1S/C11H17N3O6/c1-12-2-5-3-14(11(19)13-9(5)18)10-8(17)7(16)6(4-15)20-10/h3,6-8,10,12,15-17H,2,4H2,1H3,(H,13,18,19)/t6-,7-,8-,10-/m1/s1. The highest BCUT2D eigenvalue weighted by molar-refractivity contribution is 5.05. The van der Waals surface area contributed by atoms with Crippen molar-refractivity contribution in [1.29, 1.82) is 0 Å². The van der Waals surface area contributed by atoms with Gasteiger partial charge in [0.2, 0.25) is 0 Å². The first-order chi connectivity index (χ1) is 9.49. The maximum Gasteiger partial charge on any atom is 0.330 e. The maximum atomic E-state index is 11.8. The number of hydrogen-bond donors (Lipinski definition) is 5. The highest BCUT2D eigenvalue weighted by Crippen LogP contribution is 2.27. The summed E-state index contributed by atoms with van der Waals surface area (Å²) in [5.74, 6) is 0. The Hall–Kier alpha value is -1.52. The molecule has 0 aromatic carbocycles. The number of nitrogens with one attached hydrogen (secondary N) is 2. The van der Waals surface area contributed by atoms with Crippen LogP contribution < -0.4 is 16.6 Å². The van der Waals surface area contributed by atoms with E-state index < -0.39 is 42.4 Å². The average Bonchev–Trinajstić information content (AvgIpc) is 2.70. The van der Waals surface area contributed by atoms with Crippen molar-refractivity contribution in [2.75, 3.05) is 13.7 Å². The summed E-state index contributed by atoms with van der Waals surface area (Å²) in [7, 11) is 1.64. The van der Waals surface area contributed by atoms with Crippen LogP contribution in [0.3, 0.4) is 0 Å². The highest BCUT2D eigenvalue weighted by Gasteiger charge is 2.43. The second-order valence-corrected chi connectivity index (χ2v) is 4.58. The summed E-state index contributed by atoms with van der Waals surface area (Å²) in [6.45, 7) is -0.263. The van der Waals surface area contributed by atoms with E-state index in [2.05, 4.69) is 10.3 Å². The fourth-order valence-electron chi connectivity index (χ4n) is 2.14. The molecule has 0 unspecified atom stereocenters. The molecule has 1 aromatic rings. The lowest BCUT2D eigenvalue weighted by Crippen LogP contribution is -2.39. The number of hydrogen-bond acceptors (Lipinski definition) is 7. The Balaban J connectivity index is 2.40. The van der Waals surface area contributed by atoms with Gasteiger partial charge in [-0.3, -0.25) is 14.3 Å². The zero-order valence-corrected chi connectivity index (χ0v) is 10.8. The molecule has 0 aliphatic carbocycles. The van der Waals surface area contributed by atoms with E-state index >= 15 is 0 Å². The summed E-state index contributed by atoms with van der Waals surface area (Å²) in [4.78, 5) is 25.5. The van der Waals surface area contributed by atoms with Crippen LogP contribution in [0.1, 0.15) is 11.8 Å². The Bertz CT molecular complexity index is 582. The lowest BCUT2D eigenvalue weighted by Gasteiger charge is -2.17. The van der Waals surface area contributed by atoms with Crippen molar-refractivity contribution >= 4 is 0 Å². The van der Waals surface area contributed by atoms with E-state index in [-0.39, 0.29) is 12.1 Å². The van der Waals surface area contributed by atoms with Gasteiger partial charge in [-0.05, 0) is 7.05 Å². The third-order valence-corrected chi connectivity index (χ3v) is 3.20. The third-order valence-electron chi connectivity index (χ3n) is 3.20. The molecule has 0 spiro atoms. The molecular formula is C11H17N3O6. The van der Waals surface area contributed by atoms with Crippen molar-refractivity contribution < 1.29 is 20.1 Å². The molecule has 0 radical (unpaired) electrons. The van der Waals surface area contributed by atoms with Crippen LogP contribution in [0, 0.1) is 0 Å². The molecule has 20 heavy (non-hydrogen) atoms. The second kappa shape index (κ2) is 5.85. The molecule has 2 rings (SSSR count). The molecule has 0 saturated carbocycles. The summed E-state index contributed by atoms with van der Waals surface area (Å²) in [5, 5.41) is 31.3. The Kier molecular flexibility index (Phi) is 4.35. The summed E-state index contributed by atoms with van der Waals surface area (Å²) in [6.07, 6.45) is -3.57. The molecule has 0 bridgehead atoms. The van der Waals surface area contributed by atoms with Crippen LogP contribution in [0.25, 0.3) is 0 Å². The fourth-order valence-corrected chi connectivity index (χ4v) is 2.14. The molecule has 112 valence electrons. The van der Waals surface area contributed by atoms with Crippen LogP contribution in [-0.4, -0.2) is 56.8 Å². The summed E-state index contributed by atoms with van der Waals surface area (Å²) in [5.41, 5.74) is -1.01. The second-order valence-electron chi connectivity index (χ2n) is 4.58. The first-order valence-corrected chi connectivity index (χ1v) is 6.11. The van der Waals surface area contributed by atoms with Gasteiger partial charge in [-0.15, -0.1) is 0 Å². The van der Waals surface area contributed by atoms with Gasteiger partial charge < -0.3 is 25.4 Å². The molecule has 5 N–H and O–H groups in total. The van der Waals surface area contributed by atoms with Gasteiger partial charge in [0.1, 0.15) is 18.3 Å². The van der Waals surface area contributed by atoms with Crippen molar-refractivity contribution in [3.8, 4) is 0 Å². The smallest absolute Gasteiger partial charge is 0.330 e. The van der Waals surface area contributed by atoms with Crippen LogP contribution in [0.15, 0.2) is 15.8 Å². The number of nitrogens with zero attached hydrogens (tertiary/aromatic N) is 1. The molecule has 1 aromatic heterocycles. The SMILES string of the molecule is CNCc1cn([C@@H]2O[C@H](CO)[C@@H](O)[C@H]2O)c(=O)[nH]c1=O. The lowest BCUT2D eigenvalue weighted by atomic mass is 10.1. The predicted octanol–water partition coefficient (Wildman–Crippen LogP) is -3.13. The zero-order chi connectivity index (χ0) is 14.9. The fraction of sp³-hybridized carbons (Fsp3) is 0.636. The van der Waals surface area contributed by atoms with Gasteiger partial charge in [0.05, 0.1) is 6.61 Å². The molecule has 1 aliphatic rings. The Morgan fingerprint density at radius 1 is 1.40 bits per heavy atom. The molecule has 1 fully saturated rings. The summed E-state index contributed by atoms with van der Waals surface area (Å²) < 4.78 is 6.24. The minimum absolute atomic E-state index is 0.227. The molecule has 0 amide bonds. The first-order valence-electron chi connectivity index (χ1n) is 6.11. The number of rotatable bonds is 4. The predicted molar refractivity (Wildman–Crippen MR) is 67.1 cm³/mol. The lowest BCUT2D eigenvalue weighted by molar-refractivity contribution is -0.0551. The van der Waals surface area contributed by atoms with E-state index in [0.29, 0.717) is 0 Å².